The summed E-state index contributed by atoms with van der Waals surface area (Å²) in [6.45, 7) is 0. The van der Waals surface area contributed by atoms with Gasteiger partial charge in [-0.2, -0.15) is 13.2 Å². The minimum Gasteiger partial charge on any atom is -0.340 e. The highest BCUT2D eigenvalue weighted by atomic mass is 35.5. The van der Waals surface area contributed by atoms with Gasteiger partial charge in [0.1, 0.15) is 10.6 Å². The fraction of sp³-hybridized carbons (Fsp3) is 0.0400. The number of nitrogens with one attached hydrogen (secondary N) is 1. The Balaban J connectivity index is 1.66. The topological polar surface area (TPSA) is 37.8 Å². The molecule has 33 heavy (non-hydrogen) atoms. The summed E-state index contributed by atoms with van der Waals surface area (Å²) in [4.78, 5) is 11.1. The van der Waals surface area contributed by atoms with Crippen molar-refractivity contribution in [2.75, 3.05) is 5.32 Å². The van der Waals surface area contributed by atoms with Gasteiger partial charge in [0.2, 0.25) is 0 Å². The second kappa shape index (κ2) is 8.50. The number of halogens is 4. The van der Waals surface area contributed by atoms with Crippen LogP contribution in [0.1, 0.15) is 5.56 Å². The molecule has 0 saturated heterocycles. The van der Waals surface area contributed by atoms with Gasteiger partial charge < -0.3 is 5.32 Å². The summed E-state index contributed by atoms with van der Waals surface area (Å²) >= 11 is 7.29. The standard InChI is InChI=1S/C25H15ClF3N3S/c26-20-12-11-17(13-19(20)25(27,28)29)30-23-18-14-21(15-7-3-1-4-8-15)33-24(18)32-22(31-23)16-9-5-2-6-10-16/h1-14H,(H,30,31,32). The summed E-state index contributed by atoms with van der Waals surface area (Å²) in [5, 5.41) is 3.43. The zero-order chi connectivity index (χ0) is 23.0. The Morgan fingerprint density at radius 2 is 1.45 bits per heavy atom. The van der Waals surface area contributed by atoms with Crippen LogP contribution in [-0.4, -0.2) is 9.97 Å². The van der Waals surface area contributed by atoms with E-state index < -0.39 is 11.7 Å². The first-order chi connectivity index (χ1) is 15.9. The van der Waals surface area contributed by atoms with Crippen molar-refractivity contribution in [2.45, 2.75) is 6.18 Å². The lowest BCUT2D eigenvalue weighted by Gasteiger charge is -2.13. The van der Waals surface area contributed by atoms with Gasteiger partial charge in [0.15, 0.2) is 5.82 Å². The van der Waals surface area contributed by atoms with Crippen LogP contribution in [0.3, 0.4) is 0 Å². The average Bonchev–Trinajstić information content (AvgIpc) is 3.25. The highest BCUT2D eigenvalue weighted by Crippen LogP contribution is 2.39. The molecule has 8 heteroatoms. The van der Waals surface area contributed by atoms with Crippen LogP contribution in [0.5, 0.6) is 0 Å². The Labute approximate surface area is 196 Å². The van der Waals surface area contributed by atoms with Crippen LogP contribution in [0.25, 0.3) is 32.0 Å². The van der Waals surface area contributed by atoms with Crippen LogP contribution < -0.4 is 5.32 Å². The lowest BCUT2D eigenvalue weighted by Crippen LogP contribution is -2.07. The van der Waals surface area contributed by atoms with E-state index in [9.17, 15) is 13.2 Å². The van der Waals surface area contributed by atoms with E-state index in [1.54, 1.807) is 0 Å². The minimum absolute atomic E-state index is 0.234. The van der Waals surface area contributed by atoms with E-state index >= 15 is 0 Å². The average molecular weight is 482 g/mol. The van der Waals surface area contributed by atoms with Crippen molar-refractivity contribution in [1.82, 2.24) is 9.97 Å². The van der Waals surface area contributed by atoms with Crippen LogP contribution in [0.15, 0.2) is 84.9 Å². The molecule has 0 spiro atoms. The summed E-state index contributed by atoms with van der Waals surface area (Å²) in [5.74, 6) is 0.907. The van der Waals surface area contributed by atoms with Crippen molar-refractivity contribution in [2.24, 2.45) is 0 Å². The number of benzene rings is 3. The van der Waals surface area contributed by atoms with E-state index in [0.717, 1.165) is 32.3 Å². The molecule has 3 nitrogen and oxygen atoms in total. The molecule has 0 saturated carbocycles. The molecule has 1 N–H and O–H groups in total. The summed E-state index contributed by atoms with van der Waals surface area (Å²) in [5.41, 5.74) is 1.17. The van der Waals surface area contributed by atoms with Gasteiger partial charge in [-0.25, -0.2) is 9.97 Å². The molecular weight excluding hydrogens is 467 g/mol. The maximum atomic E-state index is 13.4. The quantitative estimate of drug-likeness (QED) is 0.280. The largest absolute Gasteiger partial charge is 0.417 e. The third-order valence-electron chi connectivity index (χ3n) is 5.02. The summed E-state index contributed by atoms with van der Waals surface area (Å²) < 4.78 is 40.1. The first-order valence-electron chi connectivity index (χ1n) is 9.95. The molecule has 5 aromatic rings. The zero-order valence-electron chi connectivity index (χ0n) is 16.9. The minimum atomic E-state index is -4.56. The number of hydrogen-bond donors (Lipinski definition) is 1. The molecule has 0 fully saturated rings. The van der Waals surface area contributed by atoms with Gasteiger partial charge in [-0.3, -0.25) is 0 Å². The fourth-order valence-corrected chi connectivity index (χ4v) is 4.70. The number of aromatic nitrogens is 2. The highest BCUT2D eigenvalue weighted by molar-refractivity contribution is 7.22. The third kappa shape index (κ3) is 4.42. The van der Waals surface area contributed by atoms with E-state index in [0.29, 0.717) is 11.6 Å². The normalized spacial score (nSPS) is 11.6. The van der Waals surface area contributed by atoms with Gasteiger partial charge in [-0.15, -0.1) is 11.3 Å². The van der Waals surface area contributed by atoms with Gasteiger partial charge in [-0.1, -0.05) is 72.3 Å². The molecule has 0 amide bonds. The molecule has 3 aromatic carbocycles. The van der Waals surface area contributed by atoms with E-state index in [2.05, 4.69) is 10.3 Å². The van der Waals surface area contributed by atoms with E-state index in [4.69, 9.17) is 16.6 Å². The van der Waals surface area contributed by atoms with E-state index in [1.807, 2.05) is 66.7 Å². The van der Waals surface area contributed by atoms with Crippen molar-refractivity contribution in [3.05, 3.63) is 95.5 Å². The predicted octanol–water partition coefficient (Wildman–Crippen LogP) is 8.44. The van der Waals surface area contributed by atoms with Gasteiger partial charge >= 0.3 is 6.18 Å². The molecular formula is C25H15ClF3N3S. The lowest BCUT2D eigenvalue weighted by molar-refractivity contribution is -0.137. The molecule has 164 valence electrons. The molecule has 2 aromatic heterocycles. The maximum Gasteiger partial charge on any atom is 0.417 e. The smallest absolute Gasteiger partial charge is 0.340 e. The SMILES string of the molecule is FC(F)(F)c1cc(Nc2nc(-c3ccccc3)nc3sc(-c4ccccc4)cc23)ccc1Cl. The number of nitrogens with zero attached hydrogens (tertiary/aromatic N) is 2. The van der Waals surface area contributed by atoms with Crippen LogP contribution in [0, 0.1) is 0 Å². The number of fused-ring (bicyclic) bond motifs is 1. The number of anilines is 2. The number of rotatable bonds is 4. The first-order valence-corrected chi connectivity index (χ1v) is 11.1. The third-order valence-corrected chi connectivity index (χ3v) is 6.43. The molecule has 0 atom stereocenters. The Hall–Kier alpha value is -3.42. The molecule has 0 radical (unpaired) electrons. The highest BCUT2D eigenvalue weighted by Gasteiger charge is 2.33. The van der Waals surface area contributed by atoms with E-state index in [1.165, 1.54) is 23.5 Å². The fourth-order valence-electron chi connectivity index (χ4n) is 3.43. The Morgan fingerprint density at radius 3 is 2.12 bits per heavy atom. The van der Waals surface area contributed by atoms with Gasteiger partial charge in [-0.05, 0) is 29.8 Å². The van der Waals surface area contributed by atoms with Crippen molar-refractivity contribution in [3.8, 4) is 21.8 Å². The monoisotopic (exact) mass is 481 g/mol. The number of alkyl halides is 3. The van der Waals surface area contributed by atoms with Crippen LogP contribution >= 0.6 is 22.9 Å². The Bertz CT molecular complexity index is 1430. The second-order valence-corrected chi connectivity index (χ2v) is 8.71. The summed E-state index contributed by atoms with van der Waals surface area (Å²) in [6, 6.07) is 24.9. The molecule has 0 aliphatic heterocycles. The molecule has 0 aliphatic carbocycles. The van der Waals surface area contributed by atoms with Crippen LogP contribution in [0.4, 0.5) is 24.7 Å². The van der Waals surface area contributed by atoms with Crippen molar-refractivity contribution < 1.29 is 13.2 Å². The Kier molecular flexibility index (Phi) is 5.52. The molecule has 0 aliphatic rings. The second-order valence-electron chi connectivity index (χ2n) is 7.27. The van der Waals surface area contributed by atoms with Crippen molar-refractivity contribution >= 4 is 44.7 Å². The summed E-state index contributed by atoms with van der Waals surface area (Å²) in [7, 11) is 0. The van der Waals surface area contributed by atoms with Gasteiger partial charge in [0.25, 0.3) is 0 Å². The van der Waals surface area contributed by atoms with Crippen LogP contribution in [0.2, 0.25) is 5.02 Å². The van der Waals surface area contributed by atoms with Crippen molar-refractivity contribution in [1.29, 1.82) is 0 Å². The number of hydrogen-bond acceptors (Lipinski definition) is 4. The number of thiophene rings is 1. The summed E-state index contributed by atoms with van der Waals surface area (Å²) in [6.07, 6.45) is -4.56. The predicted molar refractivity (Wildman–Crippen MR) is 128 cm³/mol. The van der Waals surface area contributed by atoms with Gasteiger partial charge in [0.05, 0.1) is 16.0 Å². The molecule has 0 unspecified atom stereocenters. The lowest BCUT2D eigenvalue weighted by atomic mass is 10.1. The zero-order valence-corrected chi connectivity index (χ0v) is 18.5. The maximum absolute atomic E-state index is 13.4. The van der Waals surface area contributed by atoms with Gasteiger partial charge in [0, 0.05) is 16.1 Å². The molecule has 0 bridgehead atoms. The van der Waals surface area contributed by atoms with Crippen LogP contribution in [-0.2, 0) is 6.18 Å². The van der Waals surface area contributed by atoms with E-state index in [-0.39, 0.29) is 10.7 Å². The first kappa shape index (κ1) is 21.4. The Morgan fingerprint density at radius 1 is 0.788 bits per heavy atom. The molecule has 2 heterocycles. The van der Waals surface area contributed by atoms with Crippen molar-refractivity contribution in [3.63, 3.8) is 0 Å². The molecule has 5 rings (SSSR count).